The Balaban J connectivity index is 0.912. The number of benzene rings is 19. The fraction of sp³-hybridized carbons (Fsp3) is 0.0408. The van der Waals surface area contributed by atoms with Crippen LogP contribution in [-0.4, -0.2) is 0 Å². The Bertz CT molecular complexity index is 5860. The zero-order valence-electron chi connectivity index (χ0n) is 57.3. The van der Waals surface area contributed by atoms with Gasteiger partial charge in [0.15, 0.2) is 0 Å². The van der Waals surface area contributed by atoms with Crippen LogP contribution >= 0.6 is 0 Å². The van der Waals surface area contributed by atoms with E-state index >= 15 is 0 Å². The van der Waals surface area contributed by atoms with Gasteiger partial charge in [-0.3, -0.25) is 0 Å². The smallest absolute Gasteiger partial charge is 0.0540 e. The minimum absolute atomic E-state index is 1.06. The highest BCUT2D eigenvalue weighted by atomic mass is 15.2. The highest BCUT2D eigenvalue weighted by Crippen LogP contribution is 2.53. The molecule has 0 aliphatic carbocycles. The maximum Gasteiger partial charge on any atom is 0.0540 e. The Hall–Kier alpha value is -13.0. The fourth-order valence-corrected chi connectivity index (χ4v) is 16.7. The molecular weight excluding hydrogens is 1230 g/mol. The van der Waals surface area contributed by atoms with E-state index in [4.69, 9.17) is 0 Å². The summed E-state index contributed by atoms with van der Waals surface area (Å²) in [6, 6.07) is 131. The molecule has 0 unspecified atom stereocenters. The monoisotopic (exact) mass is 1300 g/mol. The van der Waals surface area contributed by atoms with Crippen LogP contribution in [0.15, 0.2) is 352 Å². The van der Waals surface area contributed by atoms with E-state index in [2.05, 4.69) is 399 Å². The SMILES string of the molecule is Cc1cc(C)cc(N(c2ccc3c(-c4ccc(N(c5ccccc5)c5ccccc5)cc4)c4cc(N(c5cc(C)cc(C)c5)c5ccc6ccc7cccc8ccc5c6c78)ccc4c(-c4ccc(N(c5ccccc5)c5ccccc5)cc4)c3c2)c2ccc3ccc4cccc5ccc2c3c45)c1. The van der Waals surface area contributed by atoms with Crippen molar-refractivity contribution in [1.29, 1.82) is 0 Å². The van der Waals surface area contributed by atoms with Crippen molar-refractivity contribution >= 4 is 154 Å². The molecule has 0 saturated carbocycles. The van der Waals surface area contributed by atoms with Crippen molar-refractivity contribution < 1.29 is 0 Å². The van der Waals surface area contributed by atoms with E-state index in [1.807, 2.05) is 0 Å². The van der Waals surface area contributed by atoms with Crippen molar-refractivity contribution in [2.45, 2.75) is 27.7 Å². The number of rotatable bonds is 14. The summed E-state index contributed by atoms with van der Waals surface area (Å²) in [7, 11) is 0. The average Bonchev–Trinajstić information content (AvgIpc) is 0.725. The number of aryl methyl sites for hydroxylation is 4. The lowest BCUT2D eigenvalue weighted by Gasteiger charge is -2.30. The maximum atomic E-state index is 2.53. The molecule has 0 heterocycles. The first-order valence-electron chi connectivity index (χ1n) is 35.4. The summed E-state index contributed by atoms with van der Waals surface area (Å²) in [5.74, 6) is 0. The summed E-state index contributed by atoms with van der Waals surface area (Å²) in [6.45, 7) is 8.89. The number of hydrogen-bond acceptors (Lipinski definition) is 4. The third kappa shape index (κ3) is 10.2. The highest BCUT2D eigenvalue weighted by Gasteiger charge is 2.27. The predicted molar refractivity (Wildman–Crippen MR) is 437 cm³/mol. The van der Waals surface area contributed by atoms with E-state index in [1.54, 1.807) is 0 Å². The molecule has 0 fully saturated rings. The largest absolute Gasteiger partial charge is 0.311 e. The first-order valence-corrected chi connectivity index (χ1v) is 35.4. The molecule has 4 nitrogen and oxygen atoms in total. The van der Waals surface area contributed by atoms with E-state index in [-0.39, 0.29) is 0 Å². The van der Waals surface area contributed by atoms with E-state index in [9.17, 15) is 0 Å². The van der Waals surface area contributed by atoms with Crippen molar-refractivity contribution in [2.75, 3.05) is 19.6 Å². The average molecular weight is 1300 g/mol. The molecule has 102 heavy (non-hydrogen) atoms. The van der Waals surface area contributed by atoms with Gasteiger partial charge in [0.1, 0.15) is 0 Å². The van der Waals surface area contributed by atoms with Crippen LogP contribution < -0.4 is 19.6 Å². The number of nitrogens with zero attached hydrogens (tertiary/aromatic N) is 4. The van der Waals surface area contributed by atoms with Crippen LogP contribution in [-0.2, 0) is 0 Å². The molecule has 0 aliphatic rings. The van der Waals surface area contributed by atoms with Crippen molar-refractivity contribution in [1.82, 2.24) is 0 Å². The number of anilines is 12. The molecule has 0 radical (unpaired) electrons. The van der Waals surface area contributed by atoms with Crippen LogP contribution in [0.4, 0.5) is 68.2 Å². The van der Waals surface area contributed by atoms with Gasteiger partial charge >= 0.3 is 0 Å². The lowest BCUT2D eigenvalue weighted by molar-refractivity contribution is 1.27. The maximum absolute atomic E-state index is 2.53. The van der Waals surface area contributed by atoms with Gasteiger partial charge in [-0.15, -0.1) is 0 Å². The standard InChI is InChI=1S/C98H70N4/c1-63-55-64(2)58-83(57-63)101(91-53-41-73-33-31-67-19-17-21-69-39-49-87(91)97(73)93(67)69)81-47-51-85-89(61-81)95(71-35-43-79(44-36-71)99(75-23-9-5-10-24-75)76-25-11-6-12-26-76)86-52-48-82(62-90(86)96(85)72-37-45-80(46-38-72)100(77-27-13-7-14-28-77)78-29-15-8-16-30-78)102(84-59-65(3)56-66(4)60-84)92-54-42-74-34-32-68-20-18-22-70-40-50-88(92)98(74)94(68)70/h5-62H,1-4H3. The second kappa shape index (κ2) is 24.5. The summed E-state index contributed by atoms with van der Waals surface area (Å²) in [6.07, 6.45) is 0. The Morgan fingerprint density at radius 3 is 0.775 bits per heavy atom. The third-order valence-corrected chi connectivity index (χ3v) is 20.9. The third-order valence-electron chi connectivity index (χ3n) is 20.9. The van der Waals surface area contributed by atoms with Crippen molar-refractivity contribution in [3.63, 3.8) is 0 Å². The molecule has 482 valence electrons. The van der Waals surface area contributed by atoms with Crippen molar-refractivity contribution in [3.8, 4) is 22.3 Å². The number of para-hydroxylation sites is 4. The Morgan fingerprint density at radius 1 is 0.167 bits per heavy atom. The lowest BCUT2D eigenvalue weighted by atomic mass is 9.85. The van der Waals surface area contributed by atoms with Gasteiger partial charge in [-0.1, -0.05) is 218 Å². The van der Waals surface area contributed by atoms with Crippen molar-refractivity contribution in [2.24, 2.45) is 0 Å². The summed E-state index contributed by atoms with van der Waals surface area (Å²) >= 11 is 0. The summed E-state index contributed by atoms with van der Waals surface area (Å²) in [5.41, 5.74) is 22.4. The van der Waals surface area contributed by atoms with Crippen LogP contribution in [0.1, 0.15) is 22.3 Å². The molecule has 0 N–H and O–H groups in total. The van der Waals surface area contributed by atoms with Gasteiger partial charge < -0.3 is 19.6 Å². The van der Waals surface area contributed by atoms with Gasteiger partial charge in [0.05, 0.1) is 11.4 Å². The molecule has 0 bridgehead atoms. The van der Waals surface area contributed by atoms with Gasteiger partial charge in [-0.25, -0.2) is 0 Å². The normalized spacial score (nSPS) is 11.7. The van der Waals surface area contributed by atoms with E-state index in [0.29, 0.717) is 0 Å². The van der Waals surface area contributed by atoms with Gasteiger partial charge in [0, 0.05) is 67.6 Å². The lowest BCUT2D eigenvalue weighted by Crippen LogP contribution is -2.12. The molecule has 0 aliphatic heterocycles. The molecule has 0 saturated heterocycles. The van der Waals surface area contributed by atoms with Gasteiger partial charge in [-0.05, 0) is 281 Å². The first kappa shape index (κ1) is 60.2. The minimum Gasteiger partial charge on any atom is -0.311 e. The van der Waals surface area contributed by atoms with Crippen LogP contribution in [0, 0.1) is 27.7 Å². The summed E-state index contributed by atoms with van der Waals surface area (Å²) in [4.78, 5) is 9.76. The van der Waals surface area contributed by atoms with E-state index in [0.717, 1.165) is 112 Å². The Morgan fingerprint density at radius 2 is 0.441 bits per heavy atom. The highest BCUT2D eigenvalue weighted by molar-refractivity contribution is 6.28. The fourth-order valence-electron chi connectivity index (χ4n) is 16.7. The van der Waals surface area contributed by atoms with Crippen LogP contribution in [0.2, 0.25) is 0 Å². The molecule has 19 aromatic rings. The van der Waals surface area contributed by atoms with Gasteiger partial charge in [0.2, 0.25) is 0 Å². The van der Waals surface area contributed by atoms with Gasteiger partial charge in [-0.2, -0.15) is 0 Å². The zero-order valence-corrected chi connectivity index (χ0v) is 57.3. The Labute approximate surface area is 594 Å². The van der Waals surface area contributed by atoms with Crippen molar-refractivity contribution in [3.05, 3.63) is 374 Å². The van der Waals surface area contributed by atoms with Gasteiger partial charge in [0.25, 0.3) is 0 Å². The molecule has 0 atom stereocenters. The molecule has 0 aromatic heterocycles. The molecule has 4 heteroatoms. The topological polar surface area (TPSA) is 13.0 Å². The number of fused-ring (bicyclic) bond motifs is 2. The van der Waals surface area contributed by atoms with Crippen LogP contribution in [0.25, 0.3) is 108 Å². The number of hydrogen-bond donors (Lipinski definition) is 0. The second-order valence-corrected chi connectivity index (χ2v) is 27.6. The zero-order chi connectivity index (χ0) is 68.1. The summed E-state index contributed by atoms with van der Waals surface area (Å²) in [5, 5.41) is 19.6. The van der Waals surface area contributed by atoms with Crippen LogP contribution in [0.3, 0.4) is 0 Å². The predicted octanol–water partition coefficient (Wildman–Crippen LogP) is 28.2. The quantitative estimate of drug-likeness (QED) is 0.0795. The summed E-state index contributed by atoms with van der Waals surface area (Å²) < 4.78 is 0. The molecule has 0 spiro atoms. The van der Waals surface area contributed by atoms with E-state index in [1.165, 1.54) is 86.9 Å². The Kier molecular flexibility index (Phi) is 14.4. The molecular formula is C98H70N4. The minimum atomic E-state index is 1.06. The van der Waals surface area contributed by atoms with E-state index < -0.39 is 0 Å². The second-order valence-electron chi connectivity index (χ2n) is 27.6. The molecule has 19 aromatic carbocycles. The molecule has 19 rings (SSSR count). The molecule has 0 amide bonds. The van der Waals surface area contributed by atoms with Crippen LogP contribution in [0.5, 0.6) is 0 Å². The first-order chi connectivity index (χ1) is 50.2.